The Balaban J connectivity index is 1.45. The van der Waals surface area contributed by atoms with Crippen LogP contribution in [0.1, 0.15) is 25.0 Å². The zero-order valence-corrected chi connectivity index (χ0v) is 21.9. The predicted octanol–water partition coefficient (Wildman–Crippen LogP) is 2.97. The highest BCUT2D eigenvalue weighted by Crippen LogP contribution is 2.47. The van der Waals surface area contributed by atoms with Gasteiger partial charge in [0, 0.05) is 30.5 Å². The molecule has 0 bridgehead atoms. The number of benzene rings is 1. The Kier molecular flexibility index (Phi) is 9.66. The number of H-pyrrole nitrogens is 1. The first kappa shape index (κ1) is 26.3. The van der Waals surface area contributed by atoms with Gasteiger partial charge in [0.05, 0.1) is 55.7 Å². The summed E-state index contributed by atoms with van der Waals surface area (Å²) in [7, 11) is 3.22. The van der Waals surface area contributed by atoms with E-state index < -0.39 is 39.1 Å². The number of nitrogens with one attached hydrogen (secondary N) is 1. The van der Waals surface area contributed by atoms with Crippen LogP contribution in [0.5, 0.6) is 0 Å². The Morgan fingerprint density at radius 3 is 2.68 bits per heavy atom. The molecule has 0 saturated carbocycles. The molecule has 0 aliphatic carbocycles. The van der Waals surface area contributed by atoms with E-state index in [-0.39, 0.29) is 31.3 Å². The number of rotatable bonds is 11. The average molecular weight is 528 g/mol. The monoisotopic (exact) mass is 528 g/mol. The van der Waals surface area contributed by atoms with Crippen LogP contribution in [0, 0.1) is 11.3 Å². The summed E-state index contributed by atoms with van der Waals surface area (Å²) in [5, 5.41) is 30.4. The number of hydrogen-bond acceptors (Lipinski definition) is 8. The van der Waals surface area contributed by atoms with Gasteiger partial charge in [-0.1, -0.05) is 18.2 Å². The molecule has 34 heavy (non-hydrogen) atoms. The molecule has 2 aliphatic heterocycles. The van der Waals surface area contributed by atoms with E-state index in [9.17, 15) is 15.5 Å². The molecule has 3 N–H and O–H groups in total. The van der Waals surface area contributed by atoms with Gasteiger partial charge >= 0.3 is 8.60 Å². The minimum Gasteiger partial charge on any atom is -0.394 e. The lowest BCUT2D eigenvalue weighted by Crippen LogP contribution is -2.29. The molecule has 9 nitrogen and oxygen atoms in total. The van der Waals surface area contributed by atoms with Crippen molar-refractivity contribution in [3.63, 3.8) is 0 Å². The van der Waals surface area contributed by atoms with Gasteiger partial charge in [-0.05, 0) is 17.5 Å². The normalized spacial score (nSPS) is 31.0. The van der Waals surface area contributed by atoms with Gasteiger partial charge in [-0.3, -0.25) is 0 Å². The van der Waals surface area contributed by atoms with Gasteiger partial charge in [0.25, 0.3) is 0 Å². The summed E-state index contributed by atoms with van der Waals surface area (Å²) in [4.78, 5) is 3.37. The van der Waals surface area contributed by atoms with Gasteiger partial charge in [0.2, 0.25) is 0 Å². The van der Waals surface area contributed by atoms with Gasteiger partial charge in [-0.15, -0.1) is 18.5 Å². The summed E-state index contributed by atoms with van der Waals surface area (Å²) in [5.74, 6) is -0.275. The van der Waals surface area contributed by atoms with Crippen LogP contribution in [-0.4, -0.2) is 70.6 Å². The summed E-state index contributed by atoms with van der Waals surface area (Å²) in [5.41, 5.74) is 1.96. The molecule has 0 radical (unpaired) electrons. The first-order valence-corrected chi connectivity index (χ1v) is 13.7. The molecule has 5 unspecified atom stereocenters. The fourth-order valence-corrected chi connectivity index (χ4v) is 6.35. The van der Waals surface area contributed by atoms with E-state index in [2.05, 4.69) is 29.5 Å². The average Bonchev–Trinajstić information content (AvgIpc) is 3.47. The Morgan fingerprint density at radius 1 is 1.21 bits per heavy atom. The third kappa shape index (κ3) is 6.93. The smallest absolute Gasteiger partial charge is 0.333 e. The van der Waals surface area contributed by atoms with Crippen molar-refractivity contribution in [2.24, 2.45) is 0 Å². The largest absolute Gasteiger partial charge is 0.394 e. The first-order valence-electron chi connectivity index (χ1n) is 11.3. The van der Waals surface area contributed by atoms with Gasteiger partial charge in [-0.25, -0.2) is 0 Å². The van der Waals surface area contributed by atoms with E-state index >= 15 is 0 Å². The topological polar surface area (TPSA) is 126 Å². The third-order valence-corrected chi connectivity index (χ3v) is 7.95. The van der Waals surface area contributed by atoms with Crippen molar-refractivity contribution in [3.05, 3.63) is 36.0 Å². The fourth-order valence-electron chi connectivity index (χ4n) is 4.12. The summed E-state index contributed by atoms with van der Waals surface area (Å²) in [6, 6.07) is 12.2. The van der Waals surface area contributed by atoms with E-state index in [1.54, 1.807) is 0 Å². The minimum absolute atomic E-state index is 0.0884. The van der Waals surface area contributed by atoms with Crippen molar-refractivity contribution in [1.29, 1.82) is 5.26 Å². The lowest BCUT2D eigenvalue weighted by molar-refractivity contribution is -0.0223. The van der Waals surface area contributed by atoms with E-state index in [4.69, 9.17) is 23.0 Å². The highest BCUT2D eigenvalue weighted by Gasteiger charge is 2.38. The molecule has 2 fully saturated rings. The van der Waals surface area contributed by atoms with Crippen LogP contribution in [0.4, 0.5) is 0 Å². The zero-order chi connectivity index (χ0) is 24.1. The quantitative estimate of drug-likeness (QED) is 0.380. The van der Waals surface area contributed by atoms with Gasteiger partial charge < -0.3 is 38.2 Å². The summed E-state index contributed by atoms with van der Waals surface area (Å²) < 4.78 is 29.7. The minimum atomic E-state index is -1.91. The van der Waals surface area contributed by atoms with Crippen LogP contribution >= 0.6 is 27.1 Å². The number of aliphatic hydroxyl groups excluding tert-OH is 2. The van der Waals surface area contributed by atoms with E-state index in [1.165, 1.54) is 0 Å². The van der Waals surface area contributed by atoms with Gasteiger partial charge in [0.15, 0.2) is 0 Å². The highest BCUT2D eigenvalue weighted by molar-refractivity contribution is 7.41. The molecule has 12 heteroatoms. The van der Waals surface area contributed by atoms with E-state index in [0.29, 0.717) is 19.3 Å². The number of para-hydroxylation sites is 1. The van der Waals surface area contributed by atoms with Crippen LogP contribution in [0.25, 0.3) is 10.9 Å². The maximum absolute atomic E-state index is 10.2. The predicted molar refractivity (Wildman–Crippen MR) is 134 cm³/mol. The molecule has 4 rings (SSSR count). The molecule has 3 heterocycles. The lowest BCUT2D eigenvalue weighted by Gasteiger charge is -2.27. The second-order valence-electron chi connectivity index (χ2n) is 8.49. The van der Waals surface area contributed by atoms with Crippen molar-refractivity contribution in [1.82, 2.24) is 4.98 Å². The Hall–Kier alpha value is -0.740. The van der Waals surface area contributed by atoms with Crippen molar-refractivity contribution in [2.45, 2.75) is 67.9 Å². The number of fused-ring (bicyclic) bond motifs is 1. The van der Waals surface area contributed by atoms with Crippen LogP contribution in [0.15, 0.2) is 30.3 Å². The number of aromatic nitrogens is 1. The Labute approximate surface area is 204 Å². The number of aliphatic hydroxyl groups is 2. The number of nitrogens with zero attached hydrogens (tertiary/aromatic N) is 1. The molecule has 0 spiro atoms. The van der Waals surface area contributed by atoms with Crippen molar-refractivity contribution in [3.8, 4) is 6.07 Å². The molecule has 2 aliphatic rings. The molecular weight excluding hydrogens is 497 g/mol. The molecular formula is C22H31N2O7P3. The molecule has 186 valence electrons. The summed E-state index contributed by atoms with van der Waals surface area (Å²) in [6.07, 6.45) is -0.839. The van der Waals surface area contributed by atoms with Crippen LogP contribution in [0.3, 0.4) is 0 Å². The standard InChI is InChI=1S/C22H31N2O7P3/c23-6-5-15(8-14-7-13-3-1-2-4-16(13)24-14)30-34(27-12-20-17(26)9-21(32)29-20)31-18-10-22(33)28-19(18)11-25/h1-4,7,15,17-22,24-26H,5,8-12,32-33H2/t15-,17-,18-,19?,20?,21+,22+,34?/m1/s1. The third-order valence-electron chi connectivity index (χ3n) is 5.81. The van der Waals surface area contributed by atoms with Gasteiger partial charge in [-0.2, -0.15) is 5.26 Å². The molecule has 0 amide bonds. The number of aromatic amines is 1. The van der Waals surface area contributed by atoms with E-state index in [0.717, 1.165) is 16.6 Å². The molecule has 2 aromatic rings. The number of hydrogen-bond donors (Lipinski definition) is 3. The molecule has 1 aromatic carbocycles. The summed E-state index contributed by atoms with van der Waals surface area (Å²) in [6.45, 7) is -0.0975. The van der Waals surface area contributed by atoms with Crippen molar-refractivity contribution in [2.75, 3.05) is 13.2 Å². The fraction of sp³-hybridized carbons (Fsp3) is 0.591. The molecule has 10 atom stereocenters. The number of nitriles is 1. The Bertz CT molecular complexity index is 940. The Morgan fingerprint density at radius 2 is 1.97 bits per heavy atom. The summed E-state index contributed by atoms with van der Waals surface area (Å²) >= 11 is 0. The lowest BCUT2D eigenvalue weighted by atomic mass is 10.1. The number of ether oxygens (including phenoxy) is 2. The first-order chi connectivity index (χ1) is 16.4. The van der Waals surface area contributed by atoms with Crippen molar-refractivity contribution < 1.29 is 33.3 Å². The SMILES string of the molecule is N#CC[C@H](Cc1cc2ccccc2[nH]1)OP(OCC1O[C@@H](P)C[C@H]1O)O[C@@H]1C[C@H](P)OC1CO. The maximum atomic E-state index is 10.2. The second-order valence-corrected chi connectivity index (χ2v) is 11.1. The van der Waals surface area contributed by atoms with Crippen LogP contribution in [-0.2, 0) is 29.5 Å². The highest BCUT2D eigenvalue weighted by atomic mass is 31.2. The van der Waals surface area contributed by atoms with Crippen LogP contribution in [0.2, 0.25) is 0 Å². The maximum Gasteiger partial charge on any atom is 0.333 e. The van der Waals surface area contributed by atoms with Gasteiger partial charge in [0.1, 0.15) is 12.2 Å². The zero-order valence-electron chi connectivity index (χ0n) is 18.7. The van der Waals surface area contributed by atoms with E-state index in [1.807, 2.05) is 30.3 Å². The molecule has 1 aromatic heterocycles. The second kappa shape index (κ2) is 12.5. The molecule has 2 saturated heterocycles. The van der Waals surface area contributed by atoms with Crippen molar-refractivity contribution >= 4 is 38.0 Å². The van der Waals surface area contributed by atoms with Crippen LogP contribution < -0.4 is 0 Å².